The maximum atomic E-state index is 12.5. The SMILES string of the molecule is CC(C)c1ccc(-c2nc3cc4c(cc3c(=O)o2)OCO4)c(C(C)C)c1. The molecule has 0 unspecified atom stereocenters. The summed E-state index contributed by atoms with van der Waals surface area (Å²) in [6, 6.07) is 9.60. The van der Waals surface area contributed by atoms with Crippen LogP contribution in [-0.4, -0.2) is 11.8 Å². The second kappa shape index (κ2) is 6.16. The van der Waals surface area contributed by atoms with Gasteiger partial charge in [0.25, 0.3) is 0 Å². The largest absolute Gasteiger partial charge is 0.454 e. The fourth-order valence-corrected chi connectivity index (χ4v) is 3.19. The fourth-order valence-electron chi connectivity index (χ4n) is 3.19. The Bertz CT molecular complexity index is 1050. The molecular formula is C21H21NO4. The Morgan fingerprint density at radius 2 is 1.69 bits per heavy atom. The number of ether oxygens (including phenoxy) is 2. The van der Waals surface area contributed by atoms with Crippen LogP contribution in [0.15, 0.2) is 39.5 Å². The number of hydrogen-bond donors (Lipinski definition) is 0. The van der Waals surface area contributed by atoms with Crippen molar-refractivity contribution in [2.45, 2.75) is 39.5 Å². The molecule has 3 aromatic rings. The Kier molecular flexibility index (Phi) is 3.94. The van der Waals surface area contributed by atoms with Gasteiger partial charge >= 0.3 is 5.63 Å². The first kappa shape index (κ1) is 16.6. The van der Waals surface area contributed by atoms with Gasteiger partial charge < -0.3 is 13.9 Å². The van der Waals surface area contributed by atoms with Crippen LogP contribution in [0.4, 0.5) is 0 Å². The van der Waals surface area contributed by atoms with Crippen LogP contribution >= 0.6 is 0 Å². The molecule has 0 amide bonds. The van der Waals surface area contributed by atoms with E-state index in [-0.39, 0.29) is 12.7 Å². The van der Waals surface area contributed by atoms with Crippen molar-refractivity contribution >= 4 is 10.9 Å². The minimum Gasteiger partial charge on any atom is -0.454 e. The highest BCUT2D eigenvalue weighted by atomic mass is 16.7. The molecule has 1 aromatic heterocycles. The number of hydrogen-bond acceptors (Lipinski definition) is 5. The summed E-state index contributed by atoms with van der Waals surface area (Å²) in [5.41, 5.74) is 3.34. The van der Waals surface area contributed by atoms with Crippen LogP contribution in [0, 0.1) is 0 Å². The smallest absolute Gasteiger partial charge is 0.347 e. The quantitative estimate of drug-likeness (QED) is 0.676. The van der Waals surface area contributed by atoms with Crippen molar-refractivity contribution in [1.29, 1.82) is 0 Å². The summed E-state index contributed by atoms with van der Waals surface area (Å²) in [4.78, 5) is 17.1. The topological polar surface area (TPSA) is 61.6 Å². The standard InChI is InChI=1S/C21H21NO4/c1-11(2)13-5-6-14(15(7-13)12(3)4)20-22-17-9-19-18(24-10-25-19)8-16(17)21(23)26-20/h5-9,11-12H,10H2,1-4H3. The predicted octanol–water partition coefficient (Wildman–Crippen LogP) is 4.83. The van der Waals surface area contributed by atoms with Crippen molar-refractivity contribution in [1.82, 2.24) is 4.98 Å². The molecule has 134 valence electrons. The molecule has 0 saturated carbocycles. The van der Waals surface area contributed by atoms with E-state index in [4.69, 9.17) is 13.9 Å². The fraction of sp³-hybridized carbons (Fsp3) is 0.333. The second-order valence-corrected chi connectivity index (χ2v) is 7.19. The molecule has 0 fully saturated rings. The average Bonchev–Trinajstić information content (AvgIpc) is 3.06. The number of rotatable bonds is 3. The van der Waals surface area contributed by atoms with Crippen molar-refractivity contribution in [3.8, 4) is 23.0 Å². The summed E-state index contributed by atoms with van der Waals surface area (Å²) < 4.78 is 16.3. The minimum absolute atomic E-state index is 0.151. The first-order valence-corrected chi connectivity index (χ1v) is 8.82. The van der Waals surface area contributed by atoms with Gasteiger partial charge in [0.15, 0.2) is 11.5 Å². The van der Waals surface area contributed by atoms with Crippen molar-refractivity contribution < 1.29 is 13.9 Å². The van der Waals surface area contributed by atoms with Crippen LogP contribution < -0.4 is 15.1 Å². The molecule has 0 N–H and O–H groups in total. The van der Waals surface area contributed by atoms with Gasteiger partial charge in [-0.05, 0) is 29.0 Å². The highest BCUT2D eigenvalue weighted by molar-refractivity contribution is 5.83. The van der Waals surface area contributed by atoms with Gasteiger partial charge in [-0.15, -0.1) is 0 Å². The highest BCUT2D eigenvalue weighted by Gasteiger charge is 2.20. The Morgan fingerprint density at radius 1 is 0.962 bits per heavy atom. The third-order valence-corrected chi connectivity index (χ3v) is 4.72. The van der Waals surface area contributed by atoms with Gasteiger partial charge in [-0.2, -0.15) is 0 Å². The molecule has 0 aliphatic carbocycles. The third kappa shape index (κ3) is 2.73. The number of benzene rings is 2. The van der Waals surface area contributed by atoms with E-state index in [9.17, 15) is 4.79 Å². The number of nitrogens with zero attached hydrogens (tertiary/aromatic N) is 1. The molecule has 2 aromatic carbocycles. The van der Waals surface area contributed by atoms with Crippen molar-refractivity contribution in [3.63, 3.8) is 0 Å². The summed E-state index contributed by atoms with van der Waals surface area (Å²) in [6.07, 6.45) is 0. The van der Waals surface area contributed by atoms with Crippen LogP contribution in [0.3, 0.4) is 0 Å². The summed E-state index contributed by atoms with van der Waals surface area (Å²) in [5.74, 6) is 2.19. The average molecular weight is 351 g/mol. The summed E-state index contributed by atoms with van der Waals surface area (Å²) in [5, 5.41) is 0.392. The molecule has 5 nitrogen and oxygen atoms in total. The maximum absolute atomic E-state index is 12.5. The Balaban J connectivity index is 1.92. The maximum Gasteiger partial charge on any atom is 0.347 e. The summed E-state index contributed by atoms with van der Waals surface area (Å²) >= 11 is 0. The molecule has 0 spiro atoms. The van der Waals surface area contributed by atoms with Crippen LogP contribution in [0.25, 0.3) is 22.4 Å². The monoisotopic (exact) mass is 351 g/mol. The molecule has 0 saturated heterocycles. The summed E-state index contributed by atoms with van der Waals surface area (Å²) in [6.45, 7) is 8.73. The number of aromatic nitrogens is 1. The van der Waals surface area contributed by atoms with Crippen molar-refractivity contribution in [3.05, 3.63) is 51.9 Å². The first-order valence-electron chi connectivity index (χ1n) is 8.82. The lowest BCUT2D eigenvalue weighted by Crippen LogP contribution is -2.05. The number of fused-ring (bicyclic) bond motifs is 2. The molecular weight excluding hydrogens is 330 g/mol. The van der Waals surface area contributed by atoms with Gasteiger partial charge in [-0.1, -0.05) is 39.8 Å². The zero-order chi connectivity index (χ0) is 18.4. The van der Waals surface area contributed by atoms with Crippen LogP contribution in [0.1, 0.15) is 50.7 Å². The lowest BCUT2D eigenvalue weighted by Gasteiger charge is -2.15. The second-order valence-electron chi connectivity index (χ2n) is 7.19. The molecule has 2 heterocycles. The molecule has 1 aliphatic rings. The van der Waals surface area contributed by atoms with Gasteiger partial charge in [0, 0.05) is 17.7 Å². The Morgan fingerprint density at radius 3 is 2.38 bits per heavy atom. The van der Waals surface area contributed by atoms with E-state index < -0.39 is 5.63 Å². The zero-order valence-electron chi connectivity index (χ0n) is 15.3. The van der Waals surface area contributed by atoms with Gasteiger partial charge in [0.05, 0.1) is 10.9 Å². The van der Waals surface area contributed by atoms with E-state index in [1.54, 1.807) is 12.1 Å². The molecule has 0 radical (unpaired) electrons. The van der Waals surface area contributed by atoms with Gasteiger partial charge in [-0.25, -0.2) is 9.78 Å². The van der Waals surface area contributed by atoms with E-state index in [2.05, 4.69) is 44.8 Å². The molecule has 0 atom stereocenters. The van der Waals surface area contributed by atoms with E-state index in [1.807, 2.05) is 6.07 Å². The highest BCUT2D eigenvalue weighted by Crippen LogP contribution is 2.36. The normalized spacial score (nSPS) is 13.2. The van der Waals surface area contributed by atoms with E-state index in [0.29, 0.717) is 34.2 Å². The van der Waals surface area contributed by atoms with Crippen LogP contribution in [-0.2, 0) is 0 Å². The van der Waals surface area contributed by atoms with Gasteiger partial charge in [0.1, 0.15) is 0 Å². The molecule has 1 aliphatic heterocycles. The van der Waals surface area contributed by atoms with E-state index in [0.717, 1.165) is 11.1 Å². The lowest BCUT2D eigenvalue weighted by atomic mass is 9.91. The molecule has 26 heavy (non-hydrogen) atoms. The minimum atomic E-state index is -0.425. The van der Waals surface area contributed by atoms with Gasteiger partial charge in [-0.3, -0.25) is 0 Å². The Labute approximate surface area is 151 Å². The van der Waals surface area contributed by atoms with Crippen molar-refractivity contribution in [2.75, 3.05) is 6.79 Å². The van der Waals surface area contributed by atoms with E-state index >= 15 is 0 Å². The molecule has 4 rings (SSSR count). The predicted molar refractivity (Wildman–Crippen MR) is 100 cm³/mol. The van der Waals surface area contributed by atoms with Crippen molar-refractivity contribution in [2.24, 2.45) is 0 Å². The summed E-state index contributed by atoms with van der Waals surface area (Å²) in [7, 11) is 0. The van der Waals surface area contributed by atoms with E-state index in [1.165, 1.54) is 5.56 Å². The van der Waals surface area contributed by atoms with Crippen LogP contribution in [0.5, 0.6) is 11.5 Å². The molecule has 0 bridgehead atoms. The van der Waals surface area contributed by atoms with Gasteiger partial charge in [0.2, 0.25) is 12.7 Å². The zero-order valence-corrected chi connectivity index (χ0v) is 15.3. The third-order valence-electron chi connectivity index (χ3n) is 4.72. The Hall–Kier alpha value is -2.82. The molecule has 5 heteroatoms. The lowest BCUT2D eigenvalue weighted by molar-refractivity contribution is 0.174. The van der Waals surface area contributed by atoms with Crippen LogP contribution in [0.2, 0.25) is 0 Å². The first-order chi connectivity index (χ1) is 12.4.